The Morgan fingerprint density at radius 1 is 1.42 bits per heavy atom. The van der Waals surface area contributed by atoms with E-state index in [-0.39, 0.29) is 0 Å². The summed E-state index contributed by atoms with van der Waals surface area (Å²) < 4.78 is 38.9. The molecule has 0 bridgehead atoms. The molecule has 1 aromatic rings. The van der Waals surface area contributed by atoms with Crippen molar-refractivity contribution >= 4 is 21.6 Å². The van der Waals surface area contributed by atoms with Gasteiger partial charge in [0.05, 0.1) is 11.3 Å². The van der Waals surface area contributed by atoms with Crippen molar-refractivity contribution in [3.05, 3.63) is 28.2 Å². The van der Waals surface area contributed by atoms with E-state index < -0.39 is 11.7 Å². The molecule has 0 aliphatic carbocycles. The largest absolute Gasteiger partial charge is 0.416 e. The van der Waals surface area contributed by atoms with Crippen molar-refractivity contribution < 1.29 is 13.2 Å². The number of nitrogens with one attached hydrogen (secondary N) is 1. The number of likely N-dealkylation sites (N-methyl/N-ethyl adjacent to an activating group) is 1. The van der Waals surface area contributed by atoms with Crippen LogP contribution in [0.15, 0.2) is 22.7 Å². The van der Waals surface area contributed by atoms with Crippen molar-refractivity contribution in [3.8, 4) is 0 Å². The van der Waals surface area contributed by atoms with Crippen LogP contribution in [0.3, 0.4) is 0 Å². The lowest BCUT2D eigenvalue weighted by Crippen LogP contribution is -2.32. The predicted octanol–water partition coefficient (Wildman–Crippen LogP) is 3.66. The van der Waals surface area contributed by atoms with E-state index in [1.807, 2.05) is 11.8 Å². The molecule has 19 heavy (non-hydrogen) atoms. The highest BCUT2D eigenvalue weighted by atomic mass is 79.9. The Kier molecular flexibility index (Phi) is 4.40. The van der Waals surface area contributed by atoms with Crippen LogP contribution in [0.1, 0.15) is 18.9 Å². The van der Waals surface area contributed by atoms with Crippen LogP contribution in [0.2, 0.25) is 0 Å². The Labute approximate surface area is 119 Å². The van der Waals surface area contributed by atoms with Crippen LogP contribution in [-0.4, -0.2) is 25.7 Å². The lowest BCUT2D eigenvalue weighted by Gasteiger charge is -2.22. The topological polar surface area (TPSA) is 15.3 Å². The molecule has 1 saturated heterocycles. The maximum absolute atomic E-state index is 12.7. The highest BCUT2D eigenvalue weighted by Crippen LogP contribution is 2.36. The van der Waals surface area contributed by atoms with Crippen molar-refractivity contribution in [3.63, 3.8) is 0 Å². The summed E-state index contributed by atoms with van der Waals surface area (Å²) in [6.07, 6.45) is -3.34. The third kappa shape index (κ3) is 3.42. The van der Waals surface area contributed by atoms with E-state index in [4.69, 9.17) is 0 Å². The zero-order valence-electron chi connectivity index (χ0n) is 10.6. The first-order valence-electron chi connectivity index (χ1n) is 6.27. The number of anilines is 1. The molecule has 1 heterocycles. The van der Waals surface area contributed by atoms with Crippen LogP contribution in [0, 0.1) is 0 Å². The number of halogens is 4. The Hall–Kier alpha value is -0.750. The normalized spacial score (nSPS) is 20.1. The van der Waals surface area contributed by atoms with Crippen LogP contribution in [0.25, 0.3) is 0 Å². The second kappa shape index (κ2) is 5.71. The van der Waals surface area contributed by atoms with Crippen LogP contribution in [-0.2, 0) is 6.18 Å². The third-order valence-corrected chi connectivity index (χ3v) is 3.97. The molecular weight excluding hydrogens is 321 g/mol. The van der Waals surface area contributed by atoms with Gasteiger partial charge in [-0.05, 0) is 47.1 Å². The molecule has 6 heteroatoms. The molecule has 1 aromatic carbocycles. The van der Waals surface area contributed by atoms with E-state index in [0.717, 1.165) is 32.1 Å². The van der Waals surface area contributed by atoms with Gasteiger partial charge in [-0.3, -0.25) is 0 Å². The van der Waals surface area contributed by atoms with Gasteiger partial charge in [0.2, 0.25) is 0 Å². The van der Waals surface area contributed by atoms with Gasteiger partial charge < -0.3 is 10.2 Å². The van der Waals surface area contributed by atoms with Gasteiger partial charge in [0.15, 0.2) is 0 Å². The summed E-state index contributed by atoms with van der Waals surface area (Å²) in [6, 6.07) is 4.15. The Morgan fingerprint density at radius 2 is 2.16 bits per heavy atom. The van der Waals surface area contributed by atoms with E-state index in [9.17, 15) is 13.2 Å². The molecule has 0 saturated carbocycles. The van der Waals surface area contributed by atoms with Crippen LogP contribution in [0.4, 0.5) is 18.9 Å². The van der Waals surface area contributed by atoms with Gasteiger partial charge in [-0.15, -0.1) is 0 Å². The number of hydrogen-bond donors (Lipinski definition) is 1. The van der Waals surface area contributed by atoms with Gasteiger partial charge in [0.25, 0.3) is 0 Å². The van der Waals surface area contributed by atoms with E-state index in [1.165, 1.54) is 12.1 Å². The summed E-state index contributed by atoms with van der Waals surface area (Å²) in [4.78, 5) is 1.99. The van der Waals surface area contributed by atoms with Gasteiger partial charge in [0, 0.05) is 23.6 Å². The maximum atomic E-state index is 12.7. The summed E-state index contributed by atoms with van der Waals surface area (Å²) in [5, 5.41) is 3.33. The Balaban J connectivity index is 2.20. The molecule has 1 aliphatic rings. The molecule has 1 atom stereocenters. The minimum absolute atomic E-state index is 0.353. The monoisotopic (exact) mass is 336 g/mol. The van der Waals surface area contributed by atoms with Crippen LogP contribution >= 0.6 is 15.9 Å². The van der Waals surface area contributed by atoms with Gasteiger partial charge in [-0.2, -0.15) is 13.2 Å². The summed E-state index contributed by atoms with van der Waals surface area (Å²) in [6.45, 7) is 4.43. The lowest BCUT2D eigenvalue weighted by molar-refractivity contribution is -0.137. The SMILES string of the molecule is CCNC1CCN(c2cc(C(F)(F)F)ccc2Br)C1. The summed E-state index contributed by atoms with van der Waals surface area (Å²) >= 11 is 3.34. The minimum Gasteiger partial charge on any atom is -0.369 e. The average molecular weight is 337 g/mol. The fraction of sp³-hybridized carbons (Fsp3) is 0.538. The fourth-order valence-corrected chi connectivity index (χ4v) is 2.86. The lowest BCUT2D eigenvalue weighted by atomic mass is 10.2. The van der Waals surface area contributed by atoms with Gasteiger partial charge in [-0.1, -0.05) is 6.92 Å². The zero-order chi connectivity index (χ0) is 14.0. The molecule has 1 N–H and O–H groups in total. The first-order valence-corrected chi connectivity index (χ1v) is 7.06. The standard InChI is InChI=1S/C13H16BrF3N2/c1-2-18-10-5-6-19(8-10)12-7-9(13(15,16)17)3-4-11(12)14/h3-4,7,10,18H,2,5-6,8H2,1H3. The van der Waals surface area contributed by atoms with Crippen LogP contribution < -0.4 is 10.2 Å². The second-order valence-corrected chi connectivity index (χ2v) is 5.51. The van der Waals surface area contributed by atoms with Crippen LogP contribution in [0.5, 0.6) is 0 Å². The smallest absolute Gasteiger partial charge is 0.369 e. The second-order valence-electron chi connectivity index (χ2n) is 4.65. The summed E-state index contributed by atoms with van der Waals surface area (Å²) in [5.41, 5.74) is 0.0211. The number of nitrogens with zero attached hydrogens (tertiary/aromatic N) is 1. The van der Waals surface area contributed by atoms with E-state index in [1.54, 1.807) is 0 Å². The predicted molar refractivity (Wildman–Crippen MR) is 73.4 cm³/mol. The molecule has 1 aliphatic heterocycles. The number of rotatable bonds is 3. The van der Waals surface area contributed by atoms with E-state index >= 15 is 0 Å². The van der Waals surface area contributed by atoms with Gasteiger partial charge in [-0.25, -0.2) is 0 Å². The fourth-order valence-electron chi connectivity index (χ4n) is 2.37. The number of benzene rings is 1. The van der Waals surface area contributed by atoms with E-state index in [0.29, 0.717) is 16.2 Å². The van der Waals surface area contributed by atoms with E-state index in [2.05, 4.69) is 21.2 Å². The number of hydrogen-bond acceptors (Lipinski definition) is 2. The molecule has 2 nitrogen and oxygen atoms in total. The van der Waals surface area contributed by atoms with Gasteiger partial charge in [0.1, 0.15) is 0 Å². The van der Waals surface area contributed by atoms with Gasteiger partial charge >= 0.3 is 6.18 Å². The molecule has 0 amide bonds. The Bertz CT molecular complexity index is 448. The molecule has 2 rings (SSSR count). The molecule has 1 unspecified atom stereocenters. The quantitative estimate of drug-likeness (QED) is 0.906. The highest BCUT2D eigenvalue weighted by Gasteiger charge is 2.32. The zero-order valence-corrected chi connectivity index (χ0v) is 12.2. The first kappa shape index (κ1) is 14.7. The summed E-state index contributed by atoms with van der Waals surface area (Å²) in [5.74, 6) is 0. The van der Waals surface area contributed by atoms with Crippen molar-refractivity contribution in [1.29, 1.82) is 0 Å². The number of alkyl halides is 3. The van der Waals surface area contributed by atoms with Crippen molar-refractivity contribution in [1.82, 2.24) is 5.32 Å². The minimum atomic E-state index is -4.30. The summed E-state index contributed by atoms with van der Waals surface area (Å²) in [7, 11) is 0. The maximum Gasteiger partial charge on any atom is 0.416 e. The molecule has 1 fully saturated rings. The van der Waals surface area contributed by atoms with Crippen molar-refractivity contribution in [2.75, 3.05) is 24.5 Å². The molecule has 0 aromatic heterocycles. The third-order valence-electron chi connectivity index (χ3n) is 3.30. The molecule has 0 spiro atoms. The first-order chi connectivity index (χ1) is 8.91. The highest BCUT2D eigenvalue weighted by molar-refractivity contribution is 9.10. The molecular formula is C13H16BrF3N2. The van der Waals surface area contributed by atoms with Crippen molar-refractivity contribution in [2.24, 2.45) is 0 Å². The average Bonchev–Trinajstić information content (AvgIpc) is 2.77. The molecule has 106 valence electrons. The van der Waals surface area contributed by atoms with Crippen molar-refractivity contribution in [2.45, 2.75) is 25.6 Å². The Morgan fingerprint density at radius 3 is 2.79 bits per heavy atom. The molecule has 0 radical (unpaired) electrons.